The molecule has 0 bridgehead atoms. The molecule has 1 saturated heterocycles. The molecule has 1 saturated carbocycles. The van der Waals surface area contributed by atoms with Gasteiger partial charge in [-0.3, -0.25) is 9.69 Å². The van der Waals surface area contributed by atoms with Crippen LogP contribution in [0.3, 0.4) is 0 Å². The summed E-state index contributed by atoms with van der Waals surface area (Å²) in [5.74, 6) is 1.27. The van der Waals surface area contributed by atoms with Gasteiger partial charge in [-0.15, -0.1) is 0 Å². The standard InChI is InChI=1S/C13H23NO/c1-9-8-14(10(9)2)12-7-11(15)5-6-13(12,3)4/h9-10,12H,5-8H2,1-4H3. The van der Waals surface area contributed by atoms with E-state index in [-0.39, 0.29) is 0 Å². The normalized spacial score (nSPS) is 41.3. The van der Waals surface area contributed by atoms with Crippen LogP contribution in [0.4, 0.5) is 0 Å². The molecule has 2 fully saturated rings. The lowest BCUT2D eigenvalue weighted by Crippen LogP contribution is -2.62. The van der Waals surface area contributed by atoms with Gasteiger partial charge in [-0.2, -0.15) is 0 Å². The Kier molecular flexibility index (Phi) is 2.66. The first-order valence-corrected chi connectivity index (χ1v) is 6.19. The monoisotopic (exact) mass is 209 g/mol. The highest BCUT2D eigenvalue weighted by molar-refractivity contribution is 5.80. The predicted molar refractivity (Wildman–Crippen MR) is 61.8 cm³/mol. The van der Waals surface area contributed by atoms with Gasteiger partial charge in [0.05, 0.1) is 0 Å². The molecule has 1 heterocycles. The summed E-state index contributed by atoms with van der Waals surface area (Å²) in [5, 5.41) is 0. The molecule has 0 radical (unpaired) electrons. The Morgan fingerprint density at radius 1 is 1.33 bits per heavy atom. The van der Waals surface area contributed by atoms with Gasteiger partial charge in [0, 0.05) is 31.5 Å². The first-order valence-electron chi connectivity index (χ1n) is 6.19. The maximum Gasteiger partial charge on any atom is 0.134 e. The van der Waals surface area contributed by atoms with Crippen LogP contribution in [0.1, 0.15) is 47.0 Å². The van der Waals surface area contributed by atoms with E-state index in [1.165, 1.54) is 6.54 Å². The number of carbonyl (C=O) groups is 1. The molecule has 0 amide bonds. The minimum Gasteiger partial charge on any atom is -0.300 e. The Hall–Kier alpha value is -0.370. The molecule has 0 aromatic heterocycles. The van der Waals surface area contributed by atoms with E-state index in [2.05, 4.69) is 32.6 Å². The molecule has 1 aliphatic carbocycles. The van der Waals surface area contributed by atoms with Crippen LogP contribution in [0.5, 0.6) is 0 Å². The number of likely N-dealkylation sites (tertiary alicyclic amines) is 1. The van der Waals surface area contributed by atoms with E-state index in [1.54, 1.807) is 0 Å². The van der Waals surface area contributed by atoms with Crippen molar-refractivity contribution in [1.29, 1.82) is 0 Å². The average Bonchev–Trinajstić information content (AvgIpc) is 2.18. The number of hydrogen-bond acceptors (Lipinski definition) is 2. The fourth-order valence-corrected chi connectivity index (χ4v) is 3.04. The third-order valence-corrected chi connectivity index (χ3v) is 4.62. The summed E-state index contributed by atoms with van der Waals surface area (Å²) in [4.78, 5) is 14.1. The van der Waals surface area contributed by atoms with Gasteiger partial charge in [0.1, 0.15) is 5.78 Å². The number of rotatable bonds is 1. The molecule has 15 heavy (non-hydrogen) atoms. The summed E-state index contributed by atoms with van der Waals surface area (Å²) in [6, 6.07) is 1.16. The van der Waals surface area contributed by atoms with Crippen molar-refractivity contribution in [2.24, 2.45) is 11.3 Å². The first-order chi connectivity index (χ1) is 6.92. The Balaban J connectivity index is 2.09. The van der Waals surface area contributed by atoms with Crippen molar-refractivity contribution in [3.8, 4) is 0 Å². The summed E-state index contributed by atoms with van der Waals surface area (Å²) < 4.78 is 0. The Labute approximate surface area is 93.0 Å². The number of carbonyl (C=O) groups excluding carboxylic acids is 1. The van der Waals surface area contributed by atoms with E-state index >= 15 is 0 Å². The van der Waals surface area contributed by atoms with Gasteiger partial charge in [0.2, 0.25) is 0 Å². The van der Waals surface area contributed by atoms with E-state index in [0.717, 1.165) is 25.2 Å². The summed E-state index contributed by atoms with van der Waals surface area (Å²) in [6.45, 7) is 10.4. The highest BCUT2D eigenvalue weighted by Crippen LogP contribution is 2.41. The molecule has 86 valence electrons. The van der Waals surface area contributed by atoms with E-state index in [1.807, 2.05) is 0 Å². The maximum absolute atomic E-state index is 11.6. The van der Waals surface area contributed by atoms with Crippen LogP contribution in [-0.2, 0) is 4.79 Å². The minimum absolute atomic E-state index is 0.322. The van der Waals surface area contributed by atoms with Crippen molar-refractivity contribution < 1.29 is 4.79 Å². The number of ketones is 1. The van der Waals surface area contributed by atoms with E-state index in [0.29, 0.717) is 23.3 Å². The van der Waals surface area contributed by atoms with Gasteiger partial charge in [-0.25, -0.2) is 0 Å². The van der Waals surface area contributed by atoms with E-state index in [9.17, 15) is 4.79 Å². The third kappa shape index (κ3) is 1.84. The van der Waals surface area contributed by atoms with Gasteiger partial charge in [0.25, 0.3) is 0 Å². The highest BCUT2D eigenvalue weighted by Gasteiger charge is 2.45. The predicted octanol–water partition coefficient (Wildman–Crippen LogP) is 2.47. The lowest BCUT2D eigenvalue weighted by atomic mass is 9.70. The lowest BCUT2D eigenvalue weighted by molar-refractivity contribution is -0.130. The number of Topliss-reactive ketones (excluding diaryl/α,β-unsaturated/α-hetero) is 1. The average molecular weight is 209 g/mol. The zero-order valence-electron chi connectivity index (χ0n) is 10.4. The fraction of sp³-hybridized carbons (Fsp3) is 0.923. The molecule has 2 heteroatoms. The fourth-order valence-electron chi connectivity index (χ4n) is 3.04. The largest absolute Gasteiger partial charge is 0.300 e. The van der Waals surface area contributed by atoms with Gasteiger partial charge in [-0.1, -0.05) is 20.8 Å². The first kappa shape index (κ1) is 11.1. The number of nitrogens with zero attached hydrogens (tertiary/aromatic N) is 1. The van der Waals surface area contributed by atoms with Crippen molar-refractivity contribution in [3.05, 3.63) is 0 Å². The molecule has 0 aromatic rings. The zero-order valence-corrected chi connectivity index (χ0v) is 10.4. The van der Waals surface area contributed by atoms with Crippen LogP contribution in [0.2, 0.25) is 0 Å². The molecule has 2 rings (SSSR count). The second-order valence-electron chi connectivity index (χ2n) is 6.16. The Morgan fingerprint density at radius 3 is 2.53 bits per heavy atom. The number of hydrogen-bond donors (Lipinski definition) is 0. The van der Waals surface area contributed by atoms with Crippen molar-refractivity contribution in [3.63, 3.8) is 0 Å². The molecular formula is C13H23NO. The summed E-state index contributed by atoms with van der Waals surface area (Å²) in [5.41, 5.74) is 0.322. The maximum atomic E-state index is 11.6. The van der Waals surface area contributed by atoms with Crippen LogP contribution in [0, 0.1) is 11.3 Å². The van der Waals surface area contributed by atoms with Crippen molar-refractivity contribution >= 4 is 5.78 Å². The Bertz CT molecular complexity index is 272. The second kappa shape index (κ2) is 3.58. The van der Waals surface area contributed by atoms with Gasteiger partial charge >= 0.3 is 0 Å². The van der Waals surface area contributed by atoms with Crippen LogP contribution < -0.4 is 0 Å². The van der Waals surface area contributed by atoms with Crippen LogP contribution in [-0.4, -0.2) is 29.3 Å². The van der Waals surface area contributed by atoms with Crippen LogP contribution in [0.25, 0.3) is 0 Å². The van der Waals surface area contributed by atoms with Crippen molar-refractivity contribution in [2.45, 2.75) is 59.0 Å². The zero-order chi connectivity index (χ0) is 11.2. The Morgan fingerprint density at radius 2 is 2.00 bits per heavy atom. The third-order valence-electron chi connectivity index (χ3n) is 4.62. The molecule has 0 N–H and O–H groups in total. The summed E-state index contributed by atoms with van der Waals surface area (Å²) in [7, 11) is 0. The van der Waals surface area contributed by atoms with Crippen molar-refractivity contribution in [1.82, 2.24) is 4.90 Å². The molecular weight excluding hydrogens is 186 g/mol. The van der Waals surface area contributed by atoms with E-state index < -0.39 is 0 Å². The lowest BCUT2D eigenvalue weighted by Gasteiger charge is -2.55. The minimum atomic E-state index is 0.322. The van der Waals surface area contributed by atoms with Gasteiger partial charge in [0.15, 0.2) is 0 Å². The highest BCUT2D eigenvalue weighted by atomic mass is 16.1. The molecule has 2 nitrogen and oxygen atoms in total. The van der Waals surface area contributed by atoms with Gasteiger partial charge in [-0.05, 0) is 24.7 Å². The molecule has 0 spiro atoms. The quantitative estimate of drug-likeness (QED) is 0.661. The summed E-state index contributed by atoms with van der Waals surface area (Å²) in [6.07, 6.45) is 2.64. The molecule has 0 aromatic carbocycles. The van der Waals surface area contributed by atoms with Crippen molar-refractivity contribution in [2.75, 3.05) is 6.54 Å². The second-order valence-corrected chi connectivity index (χ2v) is 6.16. The molecule has 1 aliphatic heterocycles. The van der Waals surface area contributed by atoms with Crippen LogP contribution >= 0.6 is 0 Å². The topological polar surface area (TPSA) is 20.3 Å². The SMILES string of the molecule is CC1CN(C2CC(=O)CCC2(C)C)C1C. The van der Waals surface area contributed by atoms with E-state index in [4.69, 9.17) is 0 Å². The molecule has 3 unspecified atom stereocenters. The summed E-state index contributed by atoms with van der Waals surface area (Å²) >= 11 is 0. The van der Waals surface area contributed by atoms with Gasteiger partial charge < -0.3 is 0 Å². The van der Waals surface area contributed by atoms with Crippen LogP contribution in [0.15, 0.2) is 0 Å². The molecule has 2 aliphatic rings. The smallest absolute Gasteiger partial charge is 0.134 e. The molecule has 3 atom stereocenters.